The number of nitrogens with zero attached hydrogens (tertiary/aromatic N) is 5. The fourth-order valence-corrected chi connectivity index (χ4v) is 1.83. The second-order valence-corrected chi connectivity index (χ2v) is 4.54. The highest BCUT2D eigenvalue weighted by Gasteiger charge is 2.13. The van der Waals surface area contributed by atoms with Gasteiger partial charge >= 0.3 is 6.01 Å². The van der Waals surface area contributed by atoms with Crippen molar-refractivity contribution in [1.29, 1.82) is 0 Å². The van der Waals surface area contributed by atoms with Gasteiger partial charge in [-0.05, 0) is 29.8 Å². The average molecular weight is 326 g/mol. The Hall–Kier alpha value is -2.25. The van der Waals surface area contributed by atoms with Crippen LogP contribution < -0.4 is 4.74 Å². The maximum absolute atomic E-state index is 13.8. The molecule has 0 aliphatic carbocycles. The largest absolute Gasteiger partial charge is 0.421 e. The molecule has 2 heterocycles. The molecule has 2 aromatic heterocycles. The average Bonchev–Trinajstić information content (AvgIpc) is 2.97. The van der Waals surface area contributed by atoms with Crippen molar-refractivity contribution in [2.75, 3.05) is 0 Å². The summed E-state index contributed by atoms with van der Waals surface area (Å²) in [6, 6.07) is 5.86. The van der Waals surface area contributed by atoms with E-state index in [9.17, 15) is 4.39 Å². The van der Waals surface area contributed by atoms with Crippen LogP contribution in [0.1, 0.15) is 0 Å². The van der Waals surface area contributed by atoms with Crippen LogP contribution in [0.5, 0.6) is 11.8 Å². The van der Waals surface area contributed by atoms with E-state index in [0.717, 1.165) is 0 Å². The lowest BCUT2D eigenvalue weighted by Crippen LogP contribution is -2.05. The lowest BCUT2D eigenvalue weighted by Gasteiger charge is -2.07. The molecule has 3 rings (SSSR count). The Bertz CT molecular complexity index is 781. The molecule has 9 heteroatoms. The standard InChI is InChI=1S/C12H6Cl2FN5O/c13-7-3-1-4-8(9(7)15)21-12-18-10(14)17-11(19-12)20-6-2-5-16-20/h1-6H. The zero-order valence-corrected chi connectivity index (χ0v) is 11.8. The van der Waals surface area contributed by atoms with E-state index in [-0.39, 0.29) is 28.0 Å². The van der Waals surface area contributed by atoms with Crippen LogP contribution >= 0.6 is 23.2 Å². The van der Waals surface area contributed by atoms with E-state index in [0.29, 0.717) is 0 Å². The van der Waals surface area contributed by atoms with Gasteiger partial charge in [-0.15, -0.1) is 0 Å². The van der Waals surface area contributed by atoms with Crippen molar-refractivity contribution >= 4 is 23.2 Å². The first-order valence-corrected chi connectivity index (χ1v) is 6.42. The minimum atomic E-state index is -0.712. The third-order valence-electron chi connectivity index (χ3n) is 2.40. The van der Waals surface area contributed by atoms with E-state index in [2.05, 4.69) is 20.1 Å². The Labute approximate surface area is 128 Å². The van der Waals surface area contributed by atoms with E-state index >= 15 is 0 Å². The molecule has 0 aliphatic rings. The van der Waals surface area contributed by atoms with Gasteiger partial charge in [0.15, 0.2) is 11.6 Å². The topological polar surface area (TPSA) is 65.7 Å². The van der Waals surface area contributed by atoms with Crippen LogP contribution in [0.25, 0.3) is 5.95 Å². The van der Waals surface area contributed by atoms with E-state index in [4.69, 9.17) is 27.9 Å². The summed E-state index contributed by atoms with van der Waals surface area (Å²) in [5, 5.41) is 3.79. The SMILES string of the molecule is Fc1c(Cl)cccc1Oc1nc(Cl)nc(-n2cccn2)n1. The van der Waals surface area contributed by atoms with Gasteiger partial charge in [-0.1, -0.05) is 17.7 Å². The molecule has 0 saturated carbocycles. The van der Waals surface area contributed by atoms with Gasteiger partial charge in [-0.2, -0.15) is 20.1 Å². The Kier molecular flexibility index (Phi) is 3.68. The Balaban J connectivity index is 1.98. The highest BCUT2D eigenvalue weighted by Crippen LogP contribution is 2.27. The van der Waals surface area contributed by atoms with Crippen molar-refractivity contribution in [3.05, 3.63) is 52.8 Å². The van der Waals surface area contributed by atoms with E-state index in [1.54, 1.807) is 18.5 Å². The molecular weight excluding hydrogens is 320 g/mol. The minimum absolute atomic E-state index is 0.0695. The number of hydrogen-bond donors (Lipinski definition) is 0. The summed E-state index contributed by atoms with van der Waals surface area (Å²) < 4.78 is 20.4. The van der Waals surface area contributed by atoms with Crippen molar-refractivity contribution in [2.24, 2.45) is 0 Å². The highest BCUT2D eigenvalue weighted by molar-refractivity contribution is 6.30. The van der Waals surface area contributed by atoms with Crippen LogP contribution in [0, 0.1) is 5.82 Å². The Morgan fingerprint density at radius 3 is 2.71 bits per heavy atom. The van der Waals surface area contributed by atoms with Crippen LogP contribution in [0.4, 0.5) is 4.39 Å². The highest BCUT2D eigenvalue weighted by atomic mass is 35.5. The Morgan fingerprint density at radius 1 is 1.10 bits per heavy atom. The van der Waals surface area contributed by atoms with Crippen molar-refractivity contribution < 1.29 is 9.13 Å². The first kappa shape index (κ1) is 13.7. The number of ether oxygens (including phenoxy) is 1. The van der Waals surface area contributed by atoms with Gasteiger partial charge in [0, 0.05) is 12.4 Å². The molecule has 106 valence electrons. The van der Waals surface area contributed by atoms with Crippen molar-refractivity contribution in [3.8, 4) is 17.7 Å². The third-order valence-corrected chi connectivity index (χ3v) is 2.86. The number of aromatic nitrogens is 5. The van der Waals surface area contributed by atoms with Gasteiger partial charge in [0.2, 0.25) is 5.28 Å². The molecule has 0 aliphatic heterocycles. The molecule has 1 aromatic carbocycles. The van der Waals surface area contributed by atoms with Crippen LogP contribution in [-0.4, -0.2) is 24.7 Å². The fraction of sp³-hybridized carbons (Fsp3) is 0. The Morgan fingerprint density at radius 2 is 1.95 bits per heavy atom. The van der Waals surface area contributed by atoms with E-state index < -0.39 is 5.82 Å². The second-order valence-electron chi connectivity index (χ2n) is 3.79. The second kappa shape index (κ2) is 5.63. The smallest absolute Gasteiger partial charge is 0.328 e. The summed E-state index contributed by atoms with van der Waals surface area (Å²) in [6.45, 7) is 0. The van der Waals surface area contributed by atoms with Crippen LogP contribution in [0.3, 0.4) is 0 Å². The number of rotatable bonds is 3. The first-order valence-electron chi connectivity index (χ1n) is 5.67. The van der Waals surface area contributed by atoms with Crippen LogP contribution in [0.15, 0.2) is 36.7 Å². The molecule has 0 saturated heterocycles. The summed E-state index contributed by atoms with van der Waals surface area (Å²) in [4.78, 5) is 11.7. The first-order chi connectivity index (χ1) is 10.1. The van der Waals surface area contributed by atoms with Crippen molar-refractivity contribution in [1.82, 2.24) is 24.7 Å². The maximum atomic E-state index is 13.8. The quantitative estimate of drug-likeness (QED) is 0.739. The maximum Gasteiger partial charge on any atom is 0.328 e. The summed E-state index contributed by atoms with van der Waals surface area (Å²) in [5.41, 5.74) is 0. The number of benzene rings is 1. The molecule has 0 bridgehead atoms. The lowest BCUT2D eigenvalue weighted by molar-refractivity contribution is 0.408. The third kappa shape index (κ3) is 2.93. The summed E-state index contributed by atoms with van der Waals surface area (Å²) in [5.74, 6) is -0.676. The summed E-state index contributed by atoms with van der Waals surface area (Å²) in [6.07, 6.45) is 3.17. The predicted molar refractivity (Wildman–Crippen MR) is 73.4 cm³/mol. The molecule has 6 nitrogen and oxygen atoms in total. The normalized spacial score (nSPS) is 10.6. The molecule has 0 radical (unpaired) electrons. The van der Waals surface area contributed by atoms with Gasteiger partial charge in [-0.25, -0.2) is 9.07 Å². The van der Waals surface area contributed by atoms with Crippen molar-refractivity contribution in [2.45, 2.75) is 0 Å². The van der Waals surface area contributed by atoms with Crippen molar-refractivity contribution in [3.63, 3.8) is 0 Å². The molecular formula is C12H6Cl2FN5O. The number of hydrogen-bond acceptors (Lipinski definition) is 5. The molecule has 3 aromatic rings. The zero-order chi connectivity index (χ0) is 14.8. The molecule has 0 atom stereocenters. The molecule has 21 heavy (non-hydrogen) atoms. The van der Waals surface area contributed by atoms with Gasteiger partial charge in [0.05, 0.1) is 5.02 Å². The van der Waals surface area contributed by atoms with Crippen LogP contribution in [0.2, 0.25) is 10.3 Å². The van der Waals surface area contributed by atoms with Gasteiger partial charge in [0.1, 0.15) is 0 Å². The van der Waals surface area contributed by atoms with Gasteiger partial charge < -0.3 is 4.74 Å². The van der Waals surface area contributed by atoms with E-state index in [1.807, 2.05) is 0 Å². The number of halogens is 3. The molecule has 0 spiro atoms. The molecule has 0 fully saturated rings. The lowest BCUT2D eigenvalue weighted by atomic mass is 10.3. The molecule has 0 unspecified atom stereocenters. The summed E-state index contributed by atoms with van der Waals surface area (Å²) in [7, 11) is 0. The monoisotopic (exact) mass is 325 g/mol. The minimum Gasteiger partial charge on any atom is -0.421 e. The van der Waals surface area contributed by atoms with Crippen LogP contribution in [-0.2, 0) is 0 Å². The summed E-state index contributed by atoms with van der Waals surface area (Å²) >= 11 is 11.5. The predicted octanol–water partition coefficient (Wildman–Crippen LogP) is 3.30. The zero-order valence-electron chi connectivity index (χ0n) is 10.2. The van der Waals surface area contributed by atoms with Gasteiger partial charge in [-0.3, -0.25) is 0 Å². The molecule has 0 amide bonds. The fourth-order valence-electron chi connectivity index (χ4n) is 1.52. The van der Waals surface area contributed by atoms with Gasteiger partial charge in [0.25, 0.3) is 5.95 Å². The van der Waals surface area contributed by atoms with E-state index in [1.165, 1.54) is 22.9 Å². The molecule has 0 N–H and O–H groups in total.